The van der Waals surface area contributed by atoms with Gasteiger partial charge in [-0.2, -0.15) is 5.10 Å². The maximum Gasteiger partial charge on any atom is 0.226 e. The highest BCUT2D eigenvalue weighted by Gasteiger charge is 2.42. The second kappa shape index (κ2) is 4.85. The number of hydrogen-bond donors (Lipinski definition) is 2. The first-order chi connectivity index (χ1) is 9.24. The van der Waals surface area contributed by atoms with Crippen molar-refractivity contribution in [3.8, 4) is 0 Å². The van der Waals surface area contributed by atoms with E-state index in [2.05, 4.69) is 20.1 Å². The van der Waals surface area contributed by atoms with Crippen LogP contribution < -0.4 is 5.32 Å². The zero-order valence-corrected chi connectivity index (χ0v) is 10.1. The summed E-state index contributed by atoms with van der Waals surface area (Å²) in [5.41, 5.74) is 0.591. The van der Waals surface area contributed by atoms with Crippen molar-refractivity contribution in [2.45, 2.75) is 31.0 Å². The van der Waals surface area contributed by atoms with Crippen molar-refractivity contribution in [3.05, 3.63) is 36.5 Å². The Balaban J connectivity index is 1.59. The maximum atomic E-state index is 11.8. The summed E-state index contributed by atoms with van der Waals surface area (Å²) in [6.45, 7) is 0. The first-order valence-electron chi connectivity index (χ1n) is 6.10. The number of aromatic nitrogens is 3. The Labute approximate surface area is 109 Å². The molecule has 2 aromatic heterocycles. The topological polar surface area (TPSA) is 93.2 Å². The molecule has 2 aromatic rings. The minimum atomic E-state index is -0.475. The fourth-order valence-electron chi connectivity index (χ4n) is 2.32. The molecule has 0 saturated heterocycles. The number of carbonyl (C=O) groups is 1. The van der Waals surface area contributed by atoms with E-state index in [-0.39, 0.29) is 24.4 Å². The highest BCUT2D eigenvalue weighted by atomic mass is 16.5. The fraction of sp³-hybridized carbons (Fsp3) is 0.417. The predicted octanol–water partition coefficient (Wildman–Crippen LogP) is -0.0957. The van der Waals surface area contributed by atoms with Crippen LogP contribution in [-0.2, 0) is 11.2 Å². The monoisotopic (exact) mass is 262 g/mol. The number of nitrogens with zero attached hydrogens (tertiary/aromatic N) is 3. The van der Waals surface area contributed by atoms with Crippen molar-refractivity contribution >= 4 is 5.91 Å². The first-order valence-corrected chi connectivity index (χ1v) is 6.10. The predicted molar refractivity (Wildman–Crippen MR) is 64.0 cm³/mol. The van der Waals surface area contributed by atoms with E-state index in [4.69, 9.17) is 0 Å². The van der Waals surface area contributed by atoms with Crippen LogP contribution in [0.3, 0.4) is 0 Å². The largest absolute Gasteiger partial charge is 0.391 e. The average Bonchev–Trinajstić information content (AvgIpc) is 3.01. The van der Waals surface area contributed by atoms with Crippen LogP contribution in [0.2, 0.25) is 0 Å². The number of rotatable bonds is 4. The Morgan fingerprint density at radius 3 is 3.16 bits per heavy atom. The van der Waals surface area contributed by atoms with Gasteiger partial charge in [0.2, 0.25) is 5.91 Å². The van der Waals surface area contributed by atoms with E-state index in [1.54, 1.807) is 29.2 Å². The molecule has 100 valence electrons. The lowest BCUT2D eigenvalue weighted by atomic mass is 9.83. The lowest BCUT2D eigenvalue weighted by Crippen LogP contribution is -2.56. The molecule has 1 aliphatic rings. The van der Waals surface area contributed by atoms with Crippen LogP contribution >= 0.6 is 0 Å². The van der Waals surface area contributed by atoms with E-state index >= 15 is 0 Å². The van der Waals surface area contributed by atoms with Gasteiger partial charge >= 0.3 is 0 Å². The van der Waals surface area contributed by atoms with Crippen LogP contribution in [0.25, 0.3) is 0 Å². The van der Waals surface area contributed by atoms with Crippen molar-refractivity contribution in [1.29, 1.82) is 0 Å². The molecule has 1 aliphatic carbocycles. The minimum Gasteiger partial charge on any atom is -0.391 e. The summed E-state index contributed by atoms with van der Waals surface area (Å²) in [5.74, 6) is -0.136. The molecule has 7 heteroatoms. The third kappa shape index (κ3) is 2.37. The van der Waals surface area contributed by atoms with E-state index in [0.717, 1.165) is 0 Å². The van der Waals surface area contributed by atoms with Gasteiger partial charge in [-0.15, -0.1) is 0 Å². The van der Waals surface area contributed by atoms with Gasteiger partial charge in [-0.1, -0.05) is 5.16 Å². The summed E-state index contributed by atoms with van der Waals surface area (Å²) >= 11 is 0. The highest BCUT2D eigenvalue weighted by Crippen LogP contribution is 2.32. The number of hydrogen-bond acceptors (Lipinski definition) is 5. The van der Waals surface area contributed by atoms with E-state index in [9.17, 15) is 9.90 Å². The third-order valence-electron chi connectivity index (χ3n) is 3.31. The molecule has 2 N–H and O–H groups in total. The van der Waals surface area contributed by atoms with Crippen LogP contribution in [0.4, 0.5) is 0 Å². The van der Waals surface area contributed by atoms with Crippen molar-refractivity contribution in [2.24, 2.45) is 0 Å². The summed E-state index contributed by atoms with van der Waals surface area (Å²) in [4.78, 5) is 11.8. The molecule has 0 bridgehead atoms. The smallest absolute Gasteiger partial charge is 0.226 e. The summed E-state index contributed by atoms with van der Waals surface area (Å²) in [5, 5.41) is 20.5. The standard InChI is InChI=1S/C12H14N4O3/c17-10-7-9(12(10)16-4-1-3-13-16)14-11(18)6-8-2-5-19-15-8/h1-5,9-10,12,17H,6-7H2,(H,14,18)/t9-,10+,12+/m0/s1. The van der Waals surface area contributed by atoms with Crippen LogP contribution in [0.1, 0.15) is 18.2 Å². The second-order valence-corrected chi connectivity index (χ2v) is 4.62. The van der Waals surface area contributed by atoms with Crippen molar-refractivity contribution in [2.75, 3.05) is 0 Å². The molecule has 1 amide bonds. The van der Waals surface area contributed by atoms with E-state index in [1.807, 2.05) is 0 Å². The zero-order valence-electron chi connectivity index (χ0n) is 10.1. The van der Waals surface area contributed by atoms with Crippen LogP contribution in [-0.4, -0.2) is 38.1 Å². The van der Waals surface area contributed by atoms with Gasteiger partial charge in [0.05, 0.1) is 30.3 Å². The Hall–Kier alpha value is -2.15. The van der Waals surface area contributed by atoms with Gasteiger partial charge < -0.3 is 14.9 Å². The van der Waals surface area contributed by atoms with E-state index in [0.29, 0.717) is 12.1 Å². The summed E-state index contributed by atoms with van der Waals surface area (Å²) in [7, 11) is 0. The number of nitrogens with one attached hydrogen (secondary N) is 1. The third-order valence-corrected chi connectivity index (χ3v) is 3.31. The Kier molecular flexibility index (Phi) is 3.04. The molecule has 0 spiro atoms. The van der Waals surface area contributed by atoms with Gasteiger partial charge in [-0.3, -0.25) is 9.48 Å². The lowest BCUT2D eigenvalue weighted by molar-refractivity contribution is -0.124. The van der Waals surface area contributed by atoms with E-state index in [1.165, 1.54) is 6.26 Å². The lowest BCUT2D eigenvalue weighted by Gasteiger charge is -2.41. The Morgan fingerprint density at radius 2 is 2.53 bits per heavy atom. The van der Waals surface area contributed by atoms with Crippen LogP contribution in [0.5, 0.6) is 0 Å². The molecule has 3 rings (SSSR count). The Morgan fingerprint density at radius 1 is 1.63 bits per heavy atom. The summed E-state index contributed by atoms with van der Waals surface area (Å²) in [6, 6.07) is 3.14. The highest BCUT2D eigenvalue weighted by molar-refractivity contribution is 5.78. The van der Waals surface area contributed by atoms with Gasteiger partial charge in [0.15, 0.2) is 0 Å². The average molecular weight is 262 g/mol. The van der Waals surface area contributed by atoms with Gasteiger partial charge in [-0.05, 0) is 12.5 Å². The normalized spacial score (nSPS) is 25.8. The van der Waals surface area contributed by atoms with Crippen molar-refractivity contribution in [3.63, 3.8) is 0 Å². The van der Waals surface area contributed by atoms with Crippen LogP contribution in [0.15, 0.2) is 35.3 Å². The molecule has 3 atom stereocenters. The maximum absolute atomic E-state index is 11.8. The fourth-order valence-corrected chi connectivity index (χ4v) is 2.32. The summed E-state index contributed by atoms with van der Waals surface area (Å²) in [6.07, 6.45) is 5.10. The molecule has 0 unspecified atom stereocenters. The second-order valence-electron chi connectivity index (χ2n) is 4.62. The van der Waals surface area contributed by atoms with Crippen LogP contribution in [0, 0.1) is 0 Å². The Bertz CT molecular complexity index is 537. The molecule has 7 nitrogen and oxygen atoms in total. The van der Waals surface area contributed by atoms with Gasteiger partial charge in [0.25, 0.3) is 0 Å². The molecular formula is C12H14N4O3. The molecule has 1 fully saturated rings. The quantitative estimate of drug-likeness (QED) is 0.803. The molecular weight excluding hydrogens is 248 g/mol. The van der Waals surface area contributed by atoms with Crippen molar-refractivity contribution < 1.29 is 14.4 Å². The van der Waals surface area contributed by atoms with Gasteiger partial charge in [0.1, 0.15) is 6.26 Å². The molecule has 0 aliphatic heterocycles. The molecule has 2 heterocycles. The molecule has 1 saturated carbocycles. The first kappa shape index (κ1) is 11.9. The number of aliphatic hydroxyl groups is 1. The molecule has 0 radical (unpaired) electrons. The number of amides is 1. The van der Waals surface area contributed by atoms with Crippen molar-refractivity contribution in [1.82, 2.24) is 20.3 Å². The van der Waals surface area contributed by atoms with Gasteiger partial charge in [-0.25, -0.2) is 0 Å². The summed E-state index contributed by atoms with van der Waals surface area (Å²) < 4.78 is 6.35. The zero-order chi connectivity index (χ0) is 13.2. The number of carbonyl (C=O) groups excluding carboxylic acids is 1. The number of aliphatic hydroxyl groups excluding tert-OH is 1. The van der Waals surface area contributed by atoms with E-state index < -0.39 is 6.10 Å². The minimum absolute atomic E-state index is 0.102. The molecule has 0 aromatic carbocycles. The molecule has 19 heavy (non-hydrogen) atoms. The van der Waals surface area contributed by atoms with Gasteiger partial charge in [0, 0.05) is 18.5 Å². The SMILES string of the molecule is O=C(Cc1ccon1)N[C@H]1C[C@@H](O)[C@@H]1n1cccn1.